The van der Waals surface area contributed by atoms with Crippen LogP contribution in [-0.4, -0.2) is 18.3 Å². The Hall–Kier alpha value is -3.66. The summed E-state index contributed by atoms with van der Waals surface area (Å²) in [6, 6.07) is 24.2. The van der Waals surface area contributed by atoms with Gasteiger partial charge >= 0.3 is 0 Å². The number of amides is 1. The van der Waals surface area contributed by atoms with Crippen molar-refractivity contribution in [3.05, 3.63) is 106 Å². The van der Waals surface area contributed by atoms with E-state index in [0.717, 1.165) is 45.0 Å². The molecule has 0 saturated heterocycles. The molecular weight excluding hydrogens is 434 g/mol. The summed E-state index contributed by atoms with van der Waals surface area (Å²) in [5, 5.41) is 0. The van der Waals surface area contributed by atoms with Crippen molar-refractivity contribution in [2.75, 3.05) is 11.5 Å². The van der Waals surface area contributed by atoms with Gasteiger partial charge in [-0.3, -0.25) is 14.5 Å². The second kappa shape index (κ2) is 9.53. The Labute approximate surface area is 207 Å². The van der Waals surface area contributed by atoms with Crippen LogP contribution < -0.4 is 9.64 Å². The number of para-hydroxylation sites is 1. The number of benzene rings is 3. The predicted octanol–water partition coefficient (Wildman–Crippen LogP) is 6.62. The predicted molar refractivity (Wildman–Crippen MR) is 139 cm³/mol. The molecule has 1 heterocycles. The summed E-state index contributed by atoms with van der Waals surface area (Å²) in [4.78, 5) is 29.6. The van der Waals surface area contributed by atoms with Crippen molar-refractivity contribution in [3.8, 4) is 5.75 Å². The van der Waals surface area contributed by atoms with Crippen LogP contribution in [0.4, 0.5) is 5.69 Å². The molecule has 4 heteroatoms. The number of carbonyl (C=O) groups is 2. The Bertz CT molecular complexity index is 1310. The summed E-state index contributed by atoms with van der Waals surface area (Å²) in [6.45, 7) is 6.54. The lowest BCUT2D eigenvalue weighted by molar-refractivity contribution is -0.120. The van der Waals surface area contributed by atoms with Crippen LogP contribution in [0.1, 0.15) is 60.3 Å². The molecule has 2 atom stereocenters. The van der Waals surface area contributed by atoms with Gasteiger partial charge in [0.15, 0.2) is 5.78 Å². The van der Waals surface area contributed by atoms with Gasteiger partial charge in [-0.15, -0.1) is 0 Å². The molecule has 1 amide bonds. The first-order valence-electron chi connectivity index (χ1n) is 12.4. The van der Waals surface area contributed by atoms with Gasteiger partial charge in [0.1, 0.15) is 5.75 Å². The van der Waals surface area contributed by atoms with E-state index in [1.54, 1.807) is 0 Å². The zero-order valence-electron chi connectivity index (χ0n) is 20.6. The van der Waals surface area contributed by atoms with Gasteiger partial charge in [-0.05, 0) is 61.9 Å². The monoisotopic (exact) mass is 465 g/mol. The van der Waals surface area contributed by atoms with Crippen LogP contribution in [0.2, 0.25) is 0 Å². The van der Waals surface area contributed by atoms with Crippen molar-refractivity contribution in [1.82, 2.24) is 0 Å². The molecule has 3 aromatic carbocycles. The summed E-state index contributed by atoms with van der Waals surface area (Å²) in [5.74, 6) is 0.641. The maximum absolute atomic E-state index is 13.9. The third-order valence-electron chi connectivity index (χ3n) is 7.20. The van der Waals surface area contributed by atoms with E-state index in [1.807, 2.05) is 74.2 Å². The van der Waals surface area contributed by atoms with Crippen LogP contribution in [0, 0.1) is 13.8 Å². The molecule has 0 fully saturated rings. The summed E-state index contributed by atoms with van der Waals surface area (Å²) in [7, 11) is 0. The number of aryl methyl sites for hydroxylation is 2. The molecular formula is C31H31NO3. The van der Waals surface area contributed by atoms with Gasteiger partial charge in [0.25, 0.3) is 0 Å². The van der Waals surface area contributed by atoms with Crippen molar-refractivity contribution < 1.29 is 14.3 Å². The number of anilines is 1. The molecule has 0 spiro atoms. The number of carbonyl (C=O) groups excluding carboxylic acids is 2. The van der Waals surface area contributed by atoms with Crippen LogP contribution in [0.3, 0.4) is 0 Å². The number of allylic oxidation sites excluding steroid dienone is 2. The molecule has 1 aliphatic heterocycles. The van der Waals surface area contributed by atoms with Crippen molar-refractivity contribution in [2.24, 2.45) is 0 Å². The number of hydrogen-bond acceptors (Lipinski definition) is 3. The first kappa shape index (κ1) is 23.1. The number of ketones is 1. The van der Waals surface area contributed by atoms with Crippen LogP contribution in [0.15, 0.2) is 84.1 Å². The van der Waals surface area contributed by atoms with E-state index < -0.39 is 0 Å². The van der Waals surface area contributed by atoms with Crippen molar-refractivity contribution in [1.29, 1.82) is 0 Å². The molecule has 0 N–H and O–H groups in total. The average Bonchev–Trinajstić information content (AvgIpc) is 2.86. The molecule has 0 radical (unpaired) electrons. The molecule has 2 unspecified atom stereocenters. The lowest BCUT2D eigenvalue weighted by Crippen LogP contribution is -2.42. The maximum atomic E-state index is 13.9. The van der Waals surface area contributed by atoms with E-state index in [4.69, 9.17) is 4.74 Å². The summed E-state index contributed by atoms with van der Waals surface area (Å²) < 4.78 is 5.92. The Kier molecular flexibility index (Phi) is 6.29. The van der Waals surface area contributed by atoms with Gasteiger partial charge in [-0.25, -0.2) is 0 Å². The first-order chi connectivity index (χ1) is 17.0. The molecule has 2 aliphatic rings. The maximum Gasteiger partial charge on any atom is 0.232 e. The standard InChI is InChI=1S/C31H31NO3/c1-4-35-29-13-9-8-12-24(29)25-19-30(34)32(26-16-20(2)14-15-21(26)3)27-17-23(18-28(33)31(25)27)22-10-6-5-7-11-22/h5-16,23,25H,4,17-19H2,1-3H3. The fraction of sp³-hybridized carbons (Fsp3) is 0.290. The highest BCUT2D eigenvalue weighted by Gasteiger charge is 2.43. The minimum absolute atomic E-state index is 0.0234. The number of nitrogens with zero attached hydrogens (tertiary/aromatic N) is 1. The van der Waals surface area contributed by atoms with Crippen LogP contribution in [-0.2, 0) is 9.59 Å². The van der Waals surface area contributed by atoms with Gasteiger partial charge in [0.05, 0.1) is 12.3 Å². The SMILES string of the molecule is CCOc1ccccc1C1CC(=O)N(c2cc(C)ccc2C)C2=C1C(=O)CC(c1ccccc1)C2. The van der Waals surface area contributed by atoms with Crippen LogP contribution in [0.5, 0.6) is 5.75 Å². The van der Waals surface area contributed by atoms with Crippen molar-refractivity contribution in [3.63, 3.8) is 0 Å². The fourth-order valence-corrected chi connectivity index (χ4v) is 5.56. The second-order valence-electron chi connectivity index (χ2n) is 9.55. The van der Waals surface area contributed by atoms with Gasteiger partial charge < -0.3 is 4.74 Å². The molecule has 35 heavy (non-hydrogen) atoms. The van der Waals surface area contributed by atoms with Crippen LogP contribution >= 0.6 is 0 Å². The molecule has 4 nitrogen and oxygen atoms in total. The zero-order chi connectivity index (χ0) is 24.5. The second-order valence-corrected chi connectivity index (χ2v) is 9.55. The quantitative estimate of drug-likeness (QED) is 0.425. The summed E-state index contributed by atoms with van der Waals surface area (Å²) >= 11 is 0. The average molecular weight is 466 g/mol. The highest BCUT2D eigenvalue weighted by Crippen LogP contribution is 2.48. The van der Waals surface area contributed by atoms with E-state index in [-0.39, 0.29) is 29.9 Å². The number of rotatable bonds is 5. The molecule has 1 aliphatic carbocycles. The highest BCUT2D eigenvalue weighted by atomic mass is 16.5. The minimum Gasteiger partial charge on any atom is -0.494 e. The topological polar surface area (TPSA) is 46.6 Å². The molecule has 3 aromatic rings. The summed E-state index contributed by atoms with van der Waals surface area (Å²) in [5.41, 5.74) is 6.66. The van der Waals surface area contributed by atoms with Gasteiger partial charge in [-0.1, -0.05) is 60.7 Å². The van der Waals surface area contributed by atoms with E-state index >= 15 is 0 Å². The molecule has 0 saturated carbocycles. The van der Waals surface area contributed by atoms with Gasteiger partial charge in [0.2, 0.25) is 5.91 Å². The van der Waals surface area contributed by atoms with Crippen LogP contribution in [0.25, 0.3) is 0 Å². The number of ether oxygens (including phenoxy) is 1. The largest absolute Gasteiger partial charge is 0.494 e. The highest BCUT2D eigenvalue weighted by molar-refractivity contribution is 6.08. The van der Waals surface area contributed by atoms with Gasteiger partial charge in [-0.2, -0.15) is 0 Å². The molecule has 178 valence electrons. The normalized spacial score (nSPS) is 20.1. The Balaban J connectivity index is 1.69. The van der Waals surface area contributed by atoms with Gasteiger partial charge in [0, 0.05) is 35.6 Å². The van der Waals surface area contributed by atoms with E-state index in [9.17, 15) is 9.59 Å². The third-order valence-corrected chi connectivity index (χ3v) is 7.20. The number of hydrogen-bond donors (Lipinski definition) is 0. The fourth-order valence-electron chi connectivity index (χ4n) is 5.56. The first-order valence-corrected chi connectivity index (χ1v) is 12.4. The third kappa shape index (κ3) is 4.29. The Morgan fingerprint density at radius 3 is 2.40 bits per heavy atom. The molecule has 0 aromatic heterocycles. The smallest absolute Gasteiger partial charge is 0.232 e. The number of Topliss-reactive ketones (excluding diaryl/α,β-unsaturated/α-hetero) is 1. The Morgan fingerprint density at radius 2 is 1.63 bits per heavy atom. The molecule has 0 bridgehead atoms. The minimum atomic E-state index is -0.300. The lowest BCUT2D eigenvalue weighted by atomic mass is 9.72. The lowest BCUT2D eigenvalue weighted by Gasteiger charge is -2.41. The summed E-state index contributed by atoms with van der Waals surface area (Å²) in [6.07, 6.45) is 1.35. The van der Waals surface area contributed by atoms with E-state index in [0.29, 0.717) is 19.4 Å². The van der Waals surface area contributed by atoms with E-state index in [2.05, 4.69) is 24.3 Å². The zero-order valence-corrected chi connectivity index (χ0v) is 20.6. The molecule has 5 rings (SSSR count). The Morgan fingerprint density at radius 1 is 0.886 bits per heavy atom. The van der Waals surface area contributed by atoms with E-state index in [1.165, 1.54) is 0 Å². The van der Waals surface area contributed by atoms with Crippen molar-refractivity contribution >= 4 is 17.4 Å². The van der Waals surface area contributed by atoms with Crippen molar-refractivity contribution in [2.45, 2.75) is 51.9 Å².